The quantitative estimate of drug-likeness (QED) is 0.363. The maximum absolute atomic E-state index is 12.8. The molecule has 1 aliphatic rings. The summed E-state index contributed by atoms with van der Waals surface area (Å²) in [5.74, 6) is 2.83. The smallest absolute Gasteiger partial charge is 0.226 e. The van der Waals surface area contributed by atoms with Crippen LogP contribution in [0, 0.1) is 6.92 Å². The largest absolute Gasteiger partial charge is 0.490 e. The van der Waals surface area contributed by atoms with Crippen LogP contribution in [-0.4, -0.2) is 42.1 Å². The summed E-state index contributed by atoms with van der Waals surface area (Å²) in [6.07, 6.45) is 2.08. The summed E-state index contributed by atoms with van der Waals surface area (Å²) in [6.45, 7) is 4.70. The number of nitrogens with zero attached hydrogens (tertiary/aromatic N) is 6. The van der Waals surface area contributed by atoms with E-state index in [0.29, 0.717) is 54.2 Å². The Hall–Kier alpha value is -4.73. The van der Waals surface area contributed by atoms with Crippen LogP contribution in [0.25, 0.3) is 11.5 Å². The molecule has 1 atom stereocenters. The Balaban J connectivity index is 1.34. The molecule has 1 aliphatic heterocycles. The lowest BCUT2D eigenvalue weighted by Gasteiger charge is -2.24. The van der Waals surface area contributed by atoms with Gasteiger partial charge in [-0.3, -0.25) is 4.79 Å². The summed E-state index contributed by atoms with van der Waals surface area (Å²) < 4.78 is 15.3. The van der Waals surface area contributed by atoms with E-state index in [-0.39, 0.29) is 11.8 Å². The van der Waals surface area contributed by atoms with Crippen molar-refractivity contribution in [3.63, 3.8) is 0 Å². The van der Waals surface area contributed by atoms with Crippen molar-refractivity contribution >= 4 is 17.4 Å². The fourth-order valence-corrected chi connectivity index (χ4v) is 4.55. The summed E-state index contributed by atoms with van der Waals surface area (Å²) in [6, 6.07) is 19.5. The molecule has 10 heteroatoms. The molecule has 6 rings (SSSR count). The van der Waals surface area contributed by atoms with Crippen LogP contribution in [0.5, 0.6) is 11.5 Å². The standard InChI is InChI=1S/C27H25N7O3/c1-3-36-23-13-19(9-10-22(23)37-16-18-7-5-4-6-8-18)20-14-26(35)29-27-21(20)15-28-34(27)25-12-11-24-31-30-17(2)33(24)32-25/h4-13,15,20H,3,14,16H2,1-2H3,(H,29,35). The van der Waals surface area contributed by atoms with Gasteiger partial charge in [-0.1, -0.05) is 36.4 Å². The van der Waals surface area contributed by atoms with Gasteiger partial charge in [-0.2, -0.15) is 14.3 Å². The summed E-state index contributed by atoms with van der Waals surface area (Å²) in [4.78, 5) is 12.8. The normalized spacial score (nSPS) is 14.9. The van der Waals surface area contributed by atoms with E-state index in [0.717, 1.165) is 16.7 Å². The molecule has 0 aliphatic carbocycles. The van der Waals surface area contributed by atoms with Gasteiger partial charge in [0.25, 0.3) is 0 Å². The maximum Gasteiger partial charge on any atom is 0.226 e. The van der Waals surface area contributed by atoms with E-state index < -0.39 is 0 Å². The molecule has 2 aromatic carbocycles. The number of aromatic nitrogens is 6. The number of anilines is 1. The predicted molar refractivity (Wildman–Crippen MR) is 136 cm³/mol. The molecule has 0 saturated heterocycles. The van der Waals surface area contributed by atoms with Gasteiger partial charge < -0.3 is 14.8 Å². The van der Waals surface area contributed by atoms with Gasteiger partial charge in [-0.05, 0) is 49.2 Å². The Morgan fingerprint density at radius 2 is 1.89 bits per heavy atom. The van der Waals surface area contributed by atoms with E-state index in [1.807, 2.05) is 68.4 Å². The Morgan fingerprint density at radius 1 is 1.03 bits per heavy atom. The van der Waals surface area contributed by atoms with Crippen molar-refractivity contribution in [2.75, 3.05) is 11.9 Å². The zero-order chi connectivity index (χ0) is 25.4. The fraction of sp³-hybridized carbons (Fsp3) is 0.222. The first-order valence-electron chi connectivity index (χ1n) is 12.1. The molecule has 0 bridgehead atoms. The molecular formula is C27H25N7O3. The third-order valence-corrected chi connectivity index (χ3v) is 6.35. The number of amides is 1. The van der Waals surface area contributed by atoms with Crippen LogP contribution in [0.3, 0.4) is 0 Å². The average molecular weight is 496 g/mol. The van der Waals surface area contributed by atoms with Crippen LogP contribution in [-0.2, 0) is 11.4 Å². The first-order valence-corrected chi connectivity index (χ1v) is 12.1. The number of hydrogen-bond acceptors (Lipinski definition) is 7. The number of carbonyl (C=O) groups excluding carboxylic acids is 1. The third kappa shape index (κ3) is 4.26. The van der Waals surface area contributed by atoms with E-state index in [4.69, 9.17) is 9.47 Å². The van der Waals surface area contributed by atoms with Crippen molar-refractivity contribution in [3.05, 3.63) is 89.4 Å². The van der Waals surface area contributed by atoms with E-state index in [2.05, 4.69) is 25.7 Å². The minimum Gasteiger partial charge on any atom is -0.490 e. The highest BCUT2D eigenvalue weighted by Gasteiger charge is 2.31. The molecule has 0 fully saturated rings. The Kier molecular flexibility index (Phi) is 5.76. The lowest BCUT2D eigenvalue weighted by Crippen LogP contribution is -2.25. The molecule has 1 unspecified atom stereocenters. The molecule has 4 heterocycles. The topological polar surface area (TPSA) is 108 Å². The van der Waals surface area contributed by atoms with E-state index in [1.165, 1.54) is 0 Å². The minimum absolute atomic E-state index is 0.0943. The Labute approximate surface area is 212 Å². The Morgan fingerprint density at radius 3 is 2.73 bits per heavy atom. The zero-order valence-corrected chi connectivity index (χ0v) is 20.5. The fourth-order valence-electron chi connectivity index (χ4n) is 4.55. The number of aryl methyl sites for hydroxylation is 1. The highest BCUT2D eigenvalue weighted by molar-refractivity contribution is 5.94. The lowest BCUT2D eigenvalue weighted by molar-refractivity contribution is -0.116. The van der Waals surface area contributed by atoms with Gasteiger partial charge in [0.2, 0.25) is 5.91 Å². The number of carbonyl (C=O) groups is 1. The van der Waals surface area contributed by atoms with Crippen molar-refractivity contribution in [3.8, 4) is 17.3 Å². The summed E-state index contributed by atoms with van der Waals surface area (Å²) >= 11 is 0. The molecule has 10 nitrogen and oxygen atoms in total. The zero-order valence-electron chi connectivity index (χ0n) is 20.5. The van der Waals surface area contributed by atoms with Crippen LogP contribution < -0.4 is 14.8 Å². The molecule has 5 aromatic rings. The molecule has 3 aromatic heterocycles. The summed E-state index contributed by atoms with van der Waals surface area (Å²) in [5, 5.41) is 20.3. The van der Waals surface area contributed by atoms with Crippen LogP contribution in [0.4, 0.5) is 5.82 Å². The average Bonchev–Trinajstić information content (AvgIpc) is 3.51. The van der Waals surface area contributed by atoms with Crippen molar-refractivity contribution in [2.24, 2.45) is 0 Å². The molecule has 1 N–H and O–H groups in total. The van der Waals surface area contributed by atoms with Gasteiger partial charge in [-0.15, -0.1) is 15.3 Å². The highest BCUT2D eigenvalue weighted by Crippen LogP contribution is 2.41. The third-order valence-electron chi connectivity index (χ3n) is 6.35. The van der Waals surface area contributed by atoms with Gasteiger partial charge in [0, 0.05) is 17.9 Å². The minimum atomic E-state index is -0.194. The SMILES string of the molecule is CCOc1cc(C2CC(=O)Nc3c2cnn3-c2ccc3nnc(C)n3n2)ccc1OCc1ccccc1. The lowest BCUT2D eigenvalue weighted by atomic mass is 9.87. The molecule has 186 valence electrons. The van der Waals surface area contributed by atoms with Gasteiger partial charge in [-0.25, -0.2) is 0 Å². The molecule has 0 radical (unpaired) electrons. The molecule has 0 saturated carbocycles. The van der Waals surface area contributed by atoms with Crippen molar-refractivity contribution in [1.82, 2.24) is 29.6 Å². The van der Waals surface area contributed by atoms with E-state index >= 15 is 0 Å². The second kappa shape index (κ2) is 9.38. The molecule has 37 heavy (non-hydrogen) atoms. The molecule has 1 amide bonds. The predicted octanol–water partition coefficient (Wildman–Crippen LogP) is 4.07. The van der Waals surface area contributed by atoms with E-state index in [9.17, 15) is 4.79 Å². The summed E-state index contributed by atoms with van der Waals surface area (Å²) in [7, 11) is 0. The van der Waals surface area contributed by atoms with Crippen LogP contribution >= 0.6 is 0 Å². The van der Waals surface area contributed by atoms with Gasteiger partial charge in [0.15, 0.2) is 28.8 Å². The van der Waals surface area contributed by atoms with Crippen molar-refractivity contribution in [2.45, 2.75) is 32.8 Å². The number of fused-ring (bicyclic) bond motifs is 2. The van der Waals surface area contributed by atoms with Crippen LogP contribution in [0.1, 0.15) is 41.8 Å². The maximum atomic E-state index is 12.8. The first kappa shape index (κ1) is 22.7. The second-order valence-electron chi connectivity index (χ2n) is 8.79. The van der Waals surface area contributed by atoms with Gasteiger partial charge in [0.1, 0.15) is 12.4 Å². The number of nitrogens with one attached hydrogen (secondary N) is 1. The number of benzene rings is 2. The van der Waals surface area contributed by atoms with Crippen molar-refractivity contribution in [1.29, 1.82) is 0 Å². The number of ether oxygens (including phenoxy) is 2. The van der Waals surface area contributed by atoms with Crippen LogP contribution in [0.2, 0.25) is 0 Å². The van der Waals surface area contributed by atoms with Gasteiger partial charge in [0.05, 0.1) is 12.8 Å². The second-order valence-corrected chi connectivity index (χ2v) is 8.79. The summed E-state index contributed by atoms with van der Waals surface area (Å²) in [5.41, 5.74) is 3.57. The van der Waals surface area contributed by atoms with Crippen molar-refractivity contribution < 1.29 is 14.3 Å². The molecule has 0 spiro atoms. The highest BCUT2D eigenvalue weighted by atomic mass is 16.5. The van der Waals surface area contributed by atoms with Crippen LogP contribution in [0.15, 0.2) is 66.9 Å². The first-order chi connectivity index (χ1) is 18.1. The van der Waals surface area contributed by atoms with E-state index in [1.54, 1.807) is 21.5 Å². The molecular weight excluding hydrogens is 470 g/mol. The monoisotopic (exact) mass is 495 g/mol. The number of rotatable bonds is 7. The Bertz CT molecular complexity index is 1590. The van der Waals surface area contributed by atoms with Gasteiger partial charge >= 0.3 is 0 Å². The number of hydrogen-bond donors (Lipinski definition) is 1.